The van der Waals surface area contributed by atoms with Crippen LogP contribution in [0.15, 0.2) is 29.1 Å². The van der Waals surface area contributed by atoms with Crippen LogP contribution >= 0.6 is 23.2 Å². The van der Waals surface area contributed by atoms with Gasteiger partial charge in [0.1, 0.15) is 5.15 Å². The van der Waals surface area contributed by atoms with Gasteiger partial charge in [0, 0.05) is 29.7 Å². The van der Waals surface area contributed by atoms with Crippen LogP contribution in [0.25, 0.3) is 0 Å². The van der Waals surface area contributed by atoms with Gasteiger partial charge < -0.3 is 4.90 Å². The molecule has 0 bridgehead atoms. The van der Waals surface area contributed by atoms with E-state index in [4.69, 9.17) is 23.2 Å². The summed E-state index contributed by atoms with van der Waals surface area (Å²) in [5.74, 6) is -1.14. The van der Waals surface area contributed by atoms with Crippen molar-refractivity contribution < 1.29 is 13.2 Å². The summed E-state index contributed by atoms with van der Waals surface area (Å²) < 4.78 is 26.8. The van der Waals surface area contributed by atoms with E-state index in [0.29, 0.717) is 24.2 Å². The first-order chi connectivity index (χ1) is 12.6. The quantitative estimate of drug-likeness (QED) is 0.697. The summed E-state index contributed by atoms with van der Waals surface area (Å²) >= 11 is 11.6. The highest BCUT2D eigenvalue weighted by Crippen LogP contribution is 2.19. The van der Waals surface area contributed by atoms with E-state index in [1.165, 1.54) is 18.2 Å². The van der Waals surface area contributed by atoms with Crippen LogP contribution in [-0.2, 0) is 15.8 Å². The van der Waals surface area contributed by atoms with Crippen molar-refractivity contribution in [3.05, 3.63) is 55.8 Å². The Morgan fingerprint density at radius 2 is 1.85 bits per heavy atom. The van der Waals surface area contributed by atoms with Crippen LogP contribution in [0.3, 0.4) is 0 Å². The zero-order chi connectivity index (χ0) is 20.2. The monoisotopic (exact) mass is 432 g/mol. The zero-order valence-corrected chi connectivity index (χ0v) is 17.0. The van der Waals surface area contributed by atoms with Gasteiger partial charge in [-0.15, -0.1) is 0 Å². The Hall–Kier alpha value is -2.10. The Bertz CT molecular complexity index is 1000. The Labute approximate surface area is 166 Å². The van der Waals surface area contributed by atoms with Crippen LogP contribution in [0.2, 0.25) is 10.2 Å². The normalized spacial score (nSPS) is 11.3. The molecule has 2 rings (SSSR count). The molecule has 1 heterocycles. The number of aromatic nitrogens is 2. The first kappa shape index (κ1) is 21.2. The second kappa shape index (κ2) is 8.73. The smallest absolute Gasteiger partial charge is 0.253 e. The average Bonchev–Trinajstić information content (AvgIpc) is 2.57. The van der Waals surface area contributed by atoms with E-state index in [1.807, 2.05) is 13.8 Å². The molecule has 1 aromatic carbocycles. The summed E-state index contributed by atoms with van der Waals surface area (Å²) in [6.45, 7) is 4.72. The number of nitrogens with zero attached hydrogens (tertiary/aromatic N) is 2. The van der Waals surface area contributed by atoms with E-state index in [1.54, 1.807) is 4.90 Å². The summed E-state index contributed by atoms with van der Waals surface area (Å²) in [4.78, 5) is 25.8. The van der Waals surface area contributed by atoms with Crippen molar-refractivity contribution in [3.8, 4) is 0 Å². The van der Waals surface area contributed by atoms with E-state index in [9.17, 15) is 18.0 Å². The fourth-order valence-corrected chi connectivity index (χ4v) is 3.92. The van der Waals surface area contributed by atoms with Gasteiger partial charge >= 0.3 is 0 Å². The van der Waals surface area contributed by atoms with E-state index in [2.05, 4.69) is 14.9 Å². The van der Waals surface area contributed by atoms with Crippen molar-refractivity contribution in [1.82, 2.24) is 15.1 Å². The fourth-order valence-electron chi connectivity index (χ4n) is 2.41. The maximum Gasteiger partial charge on any atom is 0.253 e. The van der Waals surface area contributed by atoms with Crippen molar-refractivity contribution >= 4 is 45.0 Å². The highest BCUT2D eigenvalue weighted by molar-refractivity contribution is 7.91. The Morgan fingerprint density at radius 1 is 1.19 bits per heavy atom. The van der Waals surface area contributed by atoms with Crippen LogP contribution in [0.1, 0.15) is 29.8 Å². The van der Waals surface area contributed by atoms with Crippen LogP contribution in [0.4, 0.5) is 5.82 Å². The van der Waals surface area contributed by atoms with E-state index >= 15 is 0 Å². The molecule has 0 spiro atoms. The Morgan fingerprint density at radius 3 is 2.44 bits per heavy atom. The highest BCUT2D eigenvalue weighted by atomic mass is 35.5. The number of aromatic amines is 1. The lowest BCUT2D eigenvalue weighted by molar-refractivity contribution is 0.0773. The minimum atomic E-state index is -3.97. The molecule has 0 unspecified atom stereocenters. The predicted molar refractivity (Wildman–Crippen MR) is 105 cm³/mol. The third-order valence-electron chi connectivity index (χ3n) is 3.63. The maximum absolute atomic E-state index is 12.5. The molecule has 2 N–H and O–H groups in total. The first-order valence-corrected chi connectivity index (χ1v) is 10.4. The van der Waals surface area contributed by atoms with Crippen molar-refractivity contribution in [3.63, 3.8) is 0 Å². The SMILES string of the molecule is CCN(CC)C(=O)c1cc(Cl)cc(CS(=O)(=O)Nc2n[nH]c(Cl)cc2=O)c1. The van der Waals surface area contributed by atoms with Gasteiger partial charge in [0.15, 0.2) is 0 Å². The Kier molecular flexibility index (Phi) is 6.85. The molecule has 0 atom stereocenters. The molecule has 0 radical (unpaired) electrons. The van der Waals surface area contributed by atoms with Gasteiger partial charge in [-0.3, -0.25) is 19.4 Å². The molecule has 1 amide bonds. The minimum absolute atomic E-state index is 0.0163. The summed E-state index contributed by atoms with van der Waals surface area (Å²) in [5.41, 5.74) is -0.0828. The molecule has 0 aliphatic heterocycles. The lowest BCUT2D eigenvalue weighted by Gasteiger charge is -2.19. The number of rotatable bonds is 7. The number of benzene rings is 1. The van der Waals surface area contributed by atoms with Crippen LogP contribution in [0, 0.1) is 0 Å². The van der Waals surface area contributed by atoms with Crippen molar-refractivity contribution in [2.45, 2.75) is 19.6 Å². The molecule has 0 saturated heterocycles. The largest absolute Gasteiger partial charge is 0.339 e. The number of carbonyl (C=O) groups excluding carboxylic acids is 1. The number of H-pyrrole nitrogens is 1. The van der Waals surface area contributed by atoms with Crippen molar-refractivity contribution in [1.29, 1.82) is 0 Å². The van der Waals surface area contributed by atoms with Crippen LogP contribution < -0.4 is 10.2 Å². The fraction of sp³-hybridized carbons (Fsp3) is 0.312. The molecule has 11 heteroatoms. The average molecular weight is 433 g/mol. The molecule has 2 aromatic rings. The second-order valence-corrected chi connectivity index (χ2v) is 8.18. The van der Waals surface area contributed by atoms with E-state index in [0.717, 1.165) is 6.07 Å². The molecule has 0 aliphatic rings. The van der Waals surface area contributed by atoms with Gasteiger partial charge in [-0.25, -0.2) is 8.42 Å². The topological polar surface area (TPSA) is 112 Å². The van der Waals surface area contributed by atoms with Crippen LogP contribution in [-0.4, -0.2) is 42.5 Å². The lowest BCUT2D eigenvalue weighted by Crippen LogP contribution is -2.30. The van der Waals surface area contributed by atoms with E-state index < -0.39 is 27.0 Å². The third kappa shape index (κ3) is 5.69. The molecule has 0 saturated carbocycles. The molecule has 27 heavy (non-hydrogen) atoms. The first-order valence-electron chi connectivity index (χ1n) is 7.99. The van der Waals surface area contributed by atoms with Gasteiger partial charge in [-0.2, -0.15) is 5.10 Å². The summed E-state index contributed by atoms with van der Waals surface area (Å²) in [7, 11) is -3.97. The zero-order valence-electron chi connectivity index (χ0n) is 14.6. The third-order valence-corrected chi connectivity index (χ3v) is 5.26. The predicted octanol–water partition coefficient (Wildman–Crippen LogP) is 2.50. The molecular weight excluding hydrogens is 415 g/mol. The molecule has 146 valence electrons. The van der Waals surface area contributed by atoms with Gasteiger partial charge in [-0.05, 0) is 37.6 Å². The number of sulfonamides is 1. The number of carbonyl (C=O) groups is 1. The van der Waals surface area contributed by atoms with Gasteiger partial charge in [0.05, 0.1) is 5.75 Å². The Balaban J connectivity index is 2.28. The second-order valence-electron chi connectivity index (χ2n) is 5.62. The lowest BCUT2D eigenvalue weighted by atomic mass is 10.1. The summed E-state index contributed by atoms with van der Waals surface area (Å²) in [5, 5.41) is 6.09. The number of anilines is 1. The van der Waals surface area contributed by atoms with Gasteiger partial charge in [-0.1, -0.05) is 23.2 Å². The summed E-state index contributed by atoms with van der Waals surface area (Å²) in [6, 6.07) is 5.40. The van der Waals surface area contributed by atoms with Crippen molar-refractivity contribution in [2.24, 2.45) is 0 Å². The van der Waals surface area contributed by atoms with E-state index in [-0.39, 0.29) is 16.1 Å². The molecule has 0 aliphatic carbocycles. The molecule has 8 nitrogen and oxygen atoms in total. The molecule has 0 fully saturated rings. The van der Waals surface area contributed by atoms with Gasteiger partial charge in [0.2, 0.25) is 21.3 Å². The molecular formula is C16H18Cl2N4O4S. The number of halogens is 2. The maximum atomic E-state index is 12.5. The van der Waals surface area contributed by atoms with Crippen LogP contribution in [0.5, 0.6) is 0 Å². The van der Waals surface area contributed by atoms with Crippen molar-refractivity contribution in [2.75, 3.05) is 17.8 Å². The summed E-state index contributed by atoms with van der Waals surface area (Å²) in [6.07, 6.45) is 0. The number of hydrogen-bond acceptors (Lipinski definition) is 5. The molecule has 1 aromatic heterocycles. The number of hydrogen-bond donors (Lipinski definition) is 2. The van der Waals surface area contributed by atoms with Gasteiger partial charge in [0.25, 0.3) is 5.91 Å². The standard InChI is InChI=1S/C16H18Cl2N4O4S/c1-3-22(4-2)16(24)11-5-10(6-12(17)7-11)9-27(25,26)21-15-13(23)8-14(18)19-20-15/h5-8H,3-4,9H2,1-2H3,(H,19,23)(H,20,21). The minimum Gasteiger partial charge on any atom is -0.339 e. The number of nitrogens with one attached hydrogen (secondary N) is 2. The highest BCUT2D eigenvalue weighted by Gasteiger charge is 2.18. The number of amides is 1.